The van der Waals surface area contributed by atoms with Crippen molar-refractivity contribution in [1.29, 1.82) is 0 Å². The number of thioether (sulfide) groups is 1. The summed E-state index contributed by atoms with van der Waals surface area (Å²) in [6, 6.07) is 0. The molecule has 0 amide bonds. The lowest BCUT2D eigenvalue weighted by atomic mass is 9.89. The topological polar surface area (TPSA) is 29.9 Å². The largest absolute Gasteiger partial charge is 0.312 e. The fraction of sp³-hybridized carbons (Fsp3) is 0.643. The van der Waals surface area contributed by atoms with Crippen molar-refractivity contribution in [3.63, 3.8) is 0 Å². The Kier molecular flexibility index (Phi) is 5.77. The Morgan fingerprint density at radius 3 is 2.83 bits per heavy atom. The number of aryl methyl sites for hydroxylation is 1. The molecule has 0 saturated carbocycles. The second-order valence-electron chi connectivity index (χ2n) is 5.36. The maximum absolute atomic E-state index is 5.20. The smallest absolute Gasteiger partial charge is 0.0722 e. The van der Waals surface area contributed by atoms with E-state index in [-0.39, 0.29) is 5.41 Å². The van der Waals surface area contributed by atoms with Crippen molar-refractivity contribution in [2.45, 2.75) is 32.7 Å². The van der Waals surface area contributed by atoms with Gasteiger partial charge in [0.15, 0.2) is 0 Å². The van der Waals surface area contributed by atoms with Gasteiger partial charge in [-0.3, -0.25) is 4.68 Å². The zero-order valence-electron chi connectivity index (χ0n) is 11.8. The van der Waals surface area contributed by atoms with Gasteiger partial charge in [-0.05, 0) is 0 Å². The molecule has 0 unspecified atom stereocenters. The fourth-order valence-electron chi connectivity index (χ4n) is 1.80. The van der Waals surface area contributed by atoms with E-state index < -0.39 is 0 Å². The highest BCUT2D eigenvalue weighted by Gasteiger charge is 2.21. The predicted molar refractivity (Wildman–Crippen MR) is 79.8 cm³/mol. The van der Waals surface area contributed by atoms with Crippen molar-refractivity contribution in [2.24, 2.45) is 7.05 Å². The lowest BCUT2D eigenvalue weighted by Gasteiger charge is -2.17. The average Bonchev–Trinajstić information content (AvgIpc) is 2.64. The van der Waals surface area contributed by atoms with E-state index in [0.29, 0.717) is 0 Å². The summed E-state index contributed by atoms with van der Waals surface area (Å²) in [4.78, 5) is 0. The molecular formula is C14H23N3S. The van der Waals surface area contributed by atoms with E-state index in [1.165, 1.54) is 11.3 Å². The van der Waals surface area contributed by atoms with E-state index in [1.54, 1.807) is 11.8 Å². The first-order valence-electron chi connectivity index (χ1n) is 6.20. The van der Waals surface area contributed by atoms with E-state index in [2.05, 4.69) is 43.3 Å². The first-order chi connectivity index (χ1) is 8.45. The van der Waals surface area contributed by atoms with Gasteiger partial charge in [0.2, 0.25) is 0 Å². The maximum Gasteiger partial charge on any atom is 0.0722 e. The molecule has 0 aromatic carbocycles. The summed E-state index contributed by atoms with van der Waals surface area (Å²) in [5.41, 5.74) is 2.55. The second kappa shape index (κ2) is 6.86. The molecular weight excluding hydrogens is 242 g/mol. The average molecular weight is 265 g/mol. The van der Waals surface area contributed by atoms with Gasteiger partial charge in [-0.1, -0.05) is 26.7 Å². The van der Waals surface area contributed by atoms with E-state index >= 15 is 0 Å². The van der Waals surface area contributed by atoms with Crippen molar-refractivity contribution in [3.05, 3.63) is 17.5 Å². The number of nitrogens with one attached hydrogen (secondary N) is 1. The van der Waals surface area contributed by atoms with E-state index in [4.69, 9.17) is 6.42 Å². The first-order valence-corrected chi connectivity index (χ1v) is 7.35. The van der Waals surface area contributed by atoms with Gasteiger partial charge in [0.05, 0.1) is 11.4 Å². The number of hydrogen-bond acceptors (Lipinski definition) is 3. The van der Waals surface area contributed by atoms with Crippen molar-refractivity contribution < 1.29 is 0 Å². The Labute approximate surface area is 115 Å². The molecule has 0 saturated heterocycles. The number of rotatable bonds is 6. The lowest BCUT2D eigenvalue weighted by Crippen LogP contribution is -2.20. The molecule has 18 heavy (non-hydrogen) atoms. The molecule has 1 aromatic rings. The van der Waals surface area contributed by atoms with Gasteiger partial charge in [0.1, 0.15) is 0 Å². The van der Waals surface area contributed by atoms with Gasteiger partial charge < -0.3 is 5.32 Å². The Morgan fingerprint density at radius 1 is 1.50 bits per heavy atom. The summed E-state index contributed by atoms with van der Waals surface area (Å²) >= 11 is 1.78. The molecule has 0 aliphatic heterocycles. The third kappa shape index (κ3) is 4.75. The van der Waals surface area contributed by atoms with Crippen LogP contribution in [-0.4, -0.2) is 27.8 Å². The quantitative estimate of drug-likeness (QED) is 0.631. The van der Waals surface area contributed by atoms with Crippen molar-refractivity contribution in [2.75, 3.05) is 18.1 Å². The summed E-state index contributed by atoms with van der Waals surface area (Å²) in [5.74, 6) is 4.47. The highest BCUT2D eigenvalue weighted by atomic mass is 32.2. The van der Waals surface area contributed by atoms with Gasteiger partial charge in [-0.15, -0.1) is 18.2 Å². The molecule has 0 atom stereocenters. The van der Waals surface area contributed by atoms with Crippen LogP contribution < -0.4 is 5.32 Å². The van der Waals surface area contributed by atoms with Crippen LogP contribution in [0.1, 0.15) is 32.0 Å². The SMILES string of the molecule is C#CCSCCNCc1cn(C)nc1C(C)(C)C. The molecule has 0 fully saturated rings. The monoisotopic (exact) mass is 265 g/mol. The van der Waals surface area contributed by atoms with Gasteiger partial charge >= 0.3 is 0 Å². The van der Waals surface area contributed by atoms with E-state index in [9.17, 15) is 0 Å². The summed E-state index contributed by atoms with van der Waals surface area (Å²) < 4.78 is 1.89. The molecule has 4 heteroatoms. The maximum atomic E-state index is 5.20. The Morgan fingerprint density at radius 2 is 2.22 bits per heavy atom. The number of nitrogens with zero attached hydrogens (tertiary/aromatic N) is 2. The van der Waals surface area contributed by atoms with Gasteiger partial charge in [-0.2, -0.15) is 5.10 Å². The standard InChI is InChI=1S/C14H23N3S/c1-6-8-18-9-7-15-10-12-11-17(5)16-13(12)14(2,3)4/h1,11,15H,7-10H2,2-5H3. The van der Waals surface area contributed by atoms with Crippen LogP contribution in [0.25, 0.3) is 0 Å². The number of hydrogen-bond donors (Lipinski definition) is 1. The van der Waals surface area contributed by atoms with Crippen molar-refractivity contribution in [3.8, 4) is 12.3 Å². The van der Waals surface area contributed by atoms with Crippen LogP contribution in [0, 0.1) is 12.3 Å². The molecule has 3 nitrogen and oxygen atoms in total. The fourth-order valence-corrected chi connectivity index (χ4v) is 2.35. The van der Waals surface area contributed by atoms with Gasteiger partial charge in [0, 0.05) is 43.1 Å². The molecule has 1 aromatic heterocycles. The molecule has 1 rings (SSSR count). The van der Waals surface area contributed by atoms with Crippen LogP contribution in [0.15, 0.2) is 6.20 Å². The minimum absolute atomic E-state index is 0.0937. The van der Waals surface area contributed by atoms with Crippen LogP contribution in [0.5, 0.6) is 0 Å². The van der Waals surface area contributed by atoms with Crippen LogP contribution in [0.2, 0.25) is 0 Å². The zero-order valence-corrected chi connectivity index (χ0v) is 12.6. The van der Waals surface area contributed by atoms with Crippen molar-refractivity contribution in [1.82, 2.24) is 15.1 Å². The van der Waals surface area contributed by atoms with Gasteiger partial charge in [0.25, 0.3) is 0 Å². The molecule has 0 bridgehead atoms. The Bertz CT molecular complexity index is 410. The minimum Gasteiger partial charge on any atom is -0.312 e. The Hall–Kier alpha value is -0.920. The number of terminal acetylenes is 1. The number of aromatic nitrogens is 2. The van der Waals surface area contributed by atoms with Gasteiger partial charge in [-0.25, -0.2) is 0 Å². The molecule has 1 heterocycles. The van der Waals surface area contributed by atoms with Crippen LogP contribution in [0.4, 0.5) is 0 Å². The highest BCUT2D eigenvalue weighted by Crippen LogP contribution is 2.23. The highest BCUT2D eigenvalue weighted by molar-refractivity contribution is 7.99. The summed E-state index contributed by atoms with van der Waals surface area (Å²) in [5, 5.41) is 8.00. The third-order valence-corrected chi connectivity index (χ3v) is 3.40. The van der Waals surface area contributed by atoms with E-state index in [0.717, 1.165) is 24.6 Å². The first kappa shape index (κ1) is 15.1. The second-order valence-corrected chi connectivity index (χ2v) is 6.47. The van der Waals surface area contributed by atoms with Crippen molar-refractivity contribution >= 4 is 11.8 Å². The third-order valence-electron chi connectivity index (χ3n) is 2.54. The summed E-state index contributed by atoms with van der Waals surface area (Å²) in [7, 11) is 1.97. The minimum atomic E-state index is 0.0937. The molecule has 0 spiro atoms. The van der Waals surface area contributed by atoms with Crippen LogP contribution in [-0.2, 0) is 19.0 Å². The molecule has 0 aliphatic carbocycles. The Balaban J connectivity index is 2.45. The summed E-state index contributed by atoms with van der Waals surface area (Å²) in [6.07, 6.45) is 7.30. The van der Waals surface area contributed by atoms with Crippen LogP contribution in [0.3, 0.4) is 0 Å². The normalized spacial score (nSPS) is 11.5. The predicted octanol–water partition coefficient (Wildman–Crippen LogP) is 2.17. The van der Waals surface area contributed by atoms with E-state index in [1.807, 2.05) is 11.7 Å². The zero-order chi connectivity index (χ0) is 13.6. The van der Waals surface area contributed by atoms with Crippen LogP contribution >= 0.6 is 11.8 Å². The molecule has 100 valence electrons. The molecule has 0 aliphatic rings. The molecule has 1 N–H and O–H groups in total. The lowest BCUT2D eigenvalue weighted by molar-refractivity contribution is 0.544. The molecule has 0 radical (unpaired) electrons. The summed E-state index contributed by atoms with van der Waals surface area (Å²) in [6.45, 7) is 8.44.